The predicted molar refractivity (Wildman–Crippen MR) is 52.7 cm³/mol. The number of hydrogen-bond acceptors (Lipinski definition) is 1. The summed E-state index contributed by atoms with van der Waals surface area (Å²) in [4.78, 5) is 0. The number of nitrogens with zero attached hydrogens (tertiary/aromatic N) is 2. The second-order valence-corrected chi connectivity index (χ2v) is 5.62. The molecule has 7 heteroatoms. The molecule has 0 aromatic rings. The molecular weight excluding hydrogens is 225 g/mol. The third kappa shape index (κ3) is 6.21. The van der Waals surface area contributed by atoms with E-state index in [-0.39, 0.29) is 5.34 Å². The zero-order valence-corrected chi connectivity index (χ0v) is 10.00. The van der Waals surface area contributed by atoms with E-state index in [9.17, 15) is 8.76 Å². The van der Waals surface area contributed by atoms with E-state index in [1.165, 1.54) is 28.2 Å². The first-order valence-corrected chi connectivity index (χ1v) is 5.65. The Kier molecular flexibility index (Phi) is 8.96. The fourth-order valence-electron chi connectivity index (χ4n) is 0.358. The Labute approximate surface area is 83.0 Å². The van der Waals surface area contributed by atoms with Gasteiger partial charge in [0.05, 0.1) is 5.34 Å². The third-order valence-electron chi connectivity index (χ3n) is 0.987. The highest BCUT2D eigenvalue weighted by atomic mass is 35.5. The van der Waals surface area contributed by atoms with Gasteiger partial charge in [0.1, 0.15) is 0 Å². The molecule has 0 radical (unpaired) electrons. The quantitative estimate of drug-likeness (QED) is 0.546. The average Bonchev–Trinajstić information content (AvgIpc) is 1.88. The molecule has 76 valence electrons. The summed E-state index contributed by atoms with van der Waals surface area (Å²) in [5, 5.41) is 0.194. The van der Waals surface area contributed by atoms with Crippen LogP contribution < -0.4 is 0 Å². The molecule has 0 saturated carbocycles. The van der Waals surface area contributed by atoms with Gasteiger partial charge in [0, 0.05) is 0 Å². The highest BCUT2D eigenvalue weighted by molar-refractivity contribution is 7.53. The fraction of sp³-hybridized carbons (Fsp3) is 1.00. The van der Waals surface area contributed by atoms with Crippen molar-refractivity contribution in [1.82, 2.24) is 9.34 Å². The predicted octanol–water partition coefficient (Wildman–Crippen LogP) is 2.61. The second-order valence-electron chi connectivity index (χ2n) is 2.27. The Morgan fingerprint density at radius 3 is 1.33 bits per heavy atom. The van der Waals surface area contributed by atoms with Crippen LogP contribution in [0.2, 0.25) is 0 Å². The number of rotatable bonds is 2. The zero-order valence-electron chi connectivity index (χ0n) is 7.59. The molecule has 0 aliphatic rings. The number of alkyl halides is 2. The molecule has 0 saturated heterocycles. The normalized spacial score (nSPS) is 11.4. The monoisotopic (exact) mass is 238 g/mol. The molecule has 0 rings (SSSR count). The van der Waals surface area contributed by atoms with Crippen molar-refractivity contribution in [1.29, 1.82) is 0 Å². The van der Waals surface area contributed by atoms with Crippen molar-refractivity contribution in [3.8, 4) is 0 Å². The van der Waals surface area contributed by atoms with E-state index >= 15 is 0 Å². The van der Waals surface area contributed by atoms with Gasteiger partial charge in [-0.3, -0.25) is 4.57 Å². The summed E-state index contributed by atoms with van der Waals surface area (Å²) in [5.41, 5.74) is 0. The van der Waals surface area contributed by atoms with Crippen LogP contribution in [-0.2, 0) is 4.57 Å². The van der Waals surface area contributed by atoms with E-state index in [4.69, 9.17) is 23.2 Å². The van der Waals surface area contributed by atoms with E-state index in [0.29, 0.717) is 0 Å². The van der Waals surface area contributed by atoms with Crippen molar-refractivity contribution >= 4 is 31.0 Å². The maximum Gasteiger partial charge on any atom is 0.381 e. The first-order chi connectivity index (χ1) is 5.30. The SMILES string of the molecule is CN(C)P(=O)(F)N(C)C.ClCCl. The molecule has 0 aliphatic heterocycles. The van der Waals surface area contributed by atoms with E-state index in [1.807, 2.05) is 0 Å². The van der Waals surface area contributed by atoms with Gasteiger partial charge in [0.25, 0.3) is 0 Å². The molecule has 0 fully saturated rings. The summed E-state index contributed by atoms with van der Waals surface area (Å²) >= 11 is 9.53. The van der Waals surface area contributed by atoms with Crippen molar-refractivity contribution in [2.24, 2.45) is 0 Å². The lowest BCUT2D eigenvalue weighted by Crippen LogP contribution is -2.17. The standard InChI is InChI=1S/C4H12FN2OP.CH2Cl2/c1-6(2)9(5,8)7(3)4;2-1-3/h1-4H3;1H2. The van der Waals surface area contributed by atoms with E-state index in [1.54, 1.807) is 0 Å². The third-order valence-corrected chi connectivity index (χ3v) is 2.96. The highest BCUT2D eigenvalue weighted by Crippen LogP contribution is 2.50. The molecule has 0 spiro atoms. The second kappa shape index (κ2) is 7.10. The molecule has 3 nitrogen and oxygen atoms in total. The van der Waals surface area contributed by atoms with Gasteiger partial charge in [-0.15, -0.1) is 23.2 Å². The maximum atomic E-state index is 12.7. The first kappa shape index (κ1) is 15.1. The van der Waals surface area contributed by atoms with Crippen LogP contribution in [0.5, 0.6) is 0 Å². The highest BCUT2D eigenvalue weighted by Gasteiger charge is 2.26. The minimum atomic E-state index is -3.67. The number of hydrogen-bond donors (Lipinski definition) is 0. The summed E-state index contributed by atoms with van der Waals surface area (Å²) < 4.78 is 25.7. The molecule has 0 heterocycles. The molecule has 0 atom stereocenters. The van der Waals surface area contributed by atoms with Crippen LogP contribution in [0.25, 0.3) is 0 Å². The van der Waals surface area contributed by atoms with Gasteiger partial charge >= 0.3 is 7.75 Å². The first-order valence-electron chi connectivity index (χ1n) is 3.07. The van der Waals surface area contributed by atoms with E-state index < -0.39 is 7.75 Å². The minimum Gasteiger partial charge on any atom is -0.251 e. The molecule has 0 N–H and O–H groups in total. The van der Waals surface area contributed by atoms with E-state index in [0.717, 1.165) is 9.34 Å². The molecule has 0 aromatic carbocycles. The van der Waals surface area contributed by atoms with Crippen LogP contribution in [0.4, 0.5) is 4.20 Å². The van der Waals surface area contributed by atoms with Crippen molar-refractivity contribution in [2.75, 3.05) is 33.5 Å². The van der Waals surface area contributed by atoms with Crippen molar-refractivity contribution in [2.45, 2.75) is 0 Å². The summed E-state index contributed by atoms with van der Waals surface area (Å²) in [5.74, 6) is 0. The zero-order chi connectivity index (χ0) is 10.4. The van der Waals surface area contributed by atoms with Gasteiger partial charge in [-0.25, -0.2) is 9.34 Å². The Morgan fingerprint density at radius 2 is 1.33 bits per heavy atom. The van der Waals surface area contributed by atoms with Gasteiger partial charge in [-0.2, -0.15) is 4.20 Å². The van der Waals surface area contributed by atoms with E-state index in [2.05, 4.69) is 0 Å². The summed E-state index contributed by atoms with van der Waals surface area (Å²) in [7, 11) is 2.11. The fourth-order valence-corrected chi connectivity index (χ4v) is 1.07. The lowest BCUT2D eigenvalue weighted by molar-refractivity contribution is 0.399. The van der Waals surface area contributed by atoms with Gasteiger partial charge < -0.3 is 0 Å². The van der Waals surface area contributed by atoms with Crippen molar-refractivity contribution < 1.29 is 8.76 Å². The Balaban J connectivity index is 0. The van der Waals surface area contributed by atoms with Crippen molar-refractivity contribution in [3.05, 3.63) is 0 Å². The minimum absolute atomic E-state index is 0.194. The Bertz CT molecular complexity index is 144. The summed E-state index contributed by atoms with van der Waals surface area (Å²) in [6.07, 6.45) is 0. The molecule has 0 bridgehead atoms. The van der Waals surface area contributed by atoms with Crippen LogP contribution in [0, 0.1) is 0 Å². The molecule has 0 amide bonds. The molecule has 0 aliphatic carbocycles. The molecular formula is C5H14Cl2FN2OP. The van der Waals surface area contributed by atoms with Gasteiger partial charge in [0.15, 0.2) is 0 Å². The average molecular weight is 239 g/mol. The Hall–Kier alpha value is 0.660. The number of halogens is 3. The smallest absolute Gasteiger partial charge is 0.251 e. The van der Waals surface area contributed by atoms with Crippen LogP contribution in [0.15, 0.2) is 0 Å². The van der Waals surface area contributed by atoms with Crippen LogP contribution in [0.3, 0.4) is 0 Å². The lowest BCUT2D eigenvalue weighted by atomic mass is 11.3. The van der Waals surface area contributed by atoms with Gasteiger partial charge in [-0.05, 0) is 28.2 Å². The molecule has 0 unspecified atom stereocenters. The maximum absolute atomic E-state index is 12.7. The van der Waals surface area contributed by atoms with Crippen LogP contribution in [-0.4, -0.2) is 42.9 Å². The summed E-state index contributed by atoms with van der Waals surface area (Å²) in [6.45, 7) is 0. The Morgan fingerprint density at radius 1 is 1.17 bits per heavy atom. The molecule has 12 heavy (non-hydrogen) atoms. The summed E-state index contributed by atoms with van der Waals surface area (Å²) in [6, 6.07) is 0. The lowest BCUT2D eigenvalue weighted by Gasteiger charge is -2.21. The van der Waals surface area contributed by atoms with Gasteiger partial charge in [0.2, 0.25) is 0 Å². The topological polar surface area (TPSA) is 23.6 Å². The van der Waals surface area contributed by atoms with Gasteiger partial charge in [-0.1, -0.05) is 0 Å². The van der Waals surface area contributed by atoms with Crippen molar-refractivity contribution in [3.63, 3.8) is 0 Å². The van der Waals surface area contributed by atoms with Crippen LogP contribution in [0.1, 0.15) is 0 Å². The largest absolute Gasteiger partial charge is 0.381 e. The molecule has 0 aromatic heterocycles. The van der Waals surface area contributed by atoms with Crippen LogP contribution >= 0.6 is 31.0 Å².